The first-order valence-electron chi connectivity index (χ1n) is 10.1. The Morgan fingerprint density at radius 2 is 1.69 bits per heavy atom. The summed E-state index contributed by atoms with van der Waals surface area (Å²) in [5, 5.41) is 2.88. The third-order valence-corrected chi connectivity index (χ3v) is 6.91. The van der Waals surface area contributed by atoms with Gasteiger partial charge >= 0.3 is 12.4 Å². The number of hydrogen-bond donors (Lipinski definition) is 0. The molecule has 0 aliphatic carbocycles. The van der Waals surface area contributed by atoms with E-state index in [0.29, 0.717) is 44.7 Å². The summed E-state index contributed by atoms with van der Waals surface area (Å²) in [4.78, 5) is 20.9. The molecule has 3 heterocycles. The number of aromatic nitrogens is 1. The Balaban J connectivity index is 1.53. The number of nitrogens with zero attached hydrogens (tertiary/aromatic N) is 3. The molecule has 2 aromatic rings. The van der Waals surface area contributed by atoms with E-state index in [2.05, 4.69) is 9.88 Å². The summed E-state index contributed by atoms with van der Waals surface area (Å²) in [6, 6.07) is 1.08. The zero-order valence-electron chi connectivity index (χ0n) is 17.0. The van der Waals surface area contributed by atoms with Crippen LogP contribution in [0, 0.1) is 5.41 Å². The summed E-state index contributed by atoms with van der Waals surface area (Å²) in [6.07, 6.45) is -5.90. The number of halogens is 6. The van der Waals surface area contributed by atoms with E-state index in [4.69, 9.17) is 0 Å². The first kappa shape index (κ1) is 23.0. The quantitative estimate of drug-likeness (QED) is 0.563. The minimum Gasteiger partial charge on any atom is -0.338 e. The Morgan fingerprint density at radius 3 is 2.28 bits per heavy atom. The summed E-state index contributed by atoms with van der Waals surface area (Å²) >= 11 is 1.55. The molecule has 0 unspecified atom stereocenters. The molecule has 2 fully saturated rings. The normalized spacial score (nSPS) is 22.6. The van der Waals surface area contributed by atoms with E-state index in [1.54, 1.807) is 17.5 Å². The van der Waals surface area contributed by atoms with Gasteiger partial charge in [0.05, 0.1) is 17.7 Å². The highest BCUT2D eigenvalue weighted by atomic mass is 32.1. The molecule has 1 spiro atoms. The minimum absolute atomic E-state index is 0.0436. The van der Waals surface area contributed by atoms with E-state index in [-0.39, 0.29) is 11.5 Å². The Labute approximate surface area is 184 Å². The summed E-state index contributed by atoms with van der Waals surface area (Å²) in [6.45, 7) is 2.84. The second-order valence-electron chi connectivity index (χ2n) is 8.51. The average Bonchev–Trinajstić information content (AvgIpc) is 3.36. The fraction of sp³-hybridized carbons (Fsp3) is 0.524. The third kappa shape index (κ3) is 4.93. The molecule has 1 aromatic heterocycles. The predicted molar refractivity (Wildman–Crippen MR) is 106 cm³/mol. The fourth-order valence-electron chi connectivity index (χ4n) is 4.66. The van der Waals surface area contributed by atoms with Gasteiger partial charge in [-0.1, -0.05) is 0 Å². The summed E-state index contributed by atoms with van der Waals surface area (Å²) < 4.78 is 79.1. The van der Waals surface area contributed by atoms with Crippen molar-refractivity contribution in [2.24, 2.45) is 5.41 Å². The summed E-state index contributed by atoms with van der Waals surface area (Å²) in [5.41, 5.74) is -3.74. The SMILES string of the molecule is O=C(c1cc(C(F)(F)F)cc(C(F)(F)F)c1)N1CCC[C@@]2(CCN(Cc3nccs3)C2)C1. The molecule has 4 nitrogen and oxygen atoms in total. The molecule has 2 aliphatic rings. The van der Waals surface area contributed by atoms with E-state index >= 15 is 0 Å². The molecule has 174 valence electrons. The summed E-state index contributed by atoms with van der Waals surface area (Å²) in [7, 11) is 0. The number of rotatable bonds is 3. The topological polar surface area (TPSA) is 36.4 Å². The van der Waals surface area contributed by atoms with Crippen molar-refractivity contribution in [3.8, 4) is 0 Å². The number of carbonyl (C=O) groups excluding carboxylic acids is 1. The van der Waals surface area contributed by atoms with E-state index < -0.39 is 35.0 Å². The second-order valence-corrected chi connectivity index (χ2v) is 9.49. The summed E-state index contributed by atoms with van der Waals surface area (Å²) in [5.74, 6) is -0.793. The highest BCUT2D eigenvalue weighted by Crippen LogP contribution is 2.41. The van der Waals surface area contributed by atoms with E-state index in [1.807, 2.05) is 5.38 Å². The van der Waals surface area contributed by atoms with Crippen LogP contribution in [-0.4, -0.2) is 46.9 Å². The minimum atomic E-state index is -4.98. The molecule has 32 heavy (non-hydrogen) atoms. The first-order chi connectivity index (χ1) is 15.0. The second kappa shape index (κ2) is 8.33. The fourth-order valence-corrected chi connectivity index (χ4v) is 5.32. The number of carbonyl (C=O) groups is 1. The van der Waals surface area contributed by atoms with Gasteiger partial charge in [-0.2, -0.15) is 26.3 Å². The molecule has 0 bridgehead atoms. The monoisotopic (exact) mass is 477 g/mol. The smallest absolute Gasteiger partial charge is 0.338 e. The molecule has 1 atom stereocenters. The van der Waals surface area contributed by atoms with Crippen LogP contribution in [0.4, 0.5) is 26.3 Å². The highest BCUT2D eigenvalue weighted by molar-refractivity contribution is 7.09. The lowest BCUT2D eigenvalue weighted by Crippen LogP contribution is -2.47. The molecule has 0 saturated carbocycles. The van der Waals surface area contributed by atoms with Crippen LogP contribution in [0.1, 0.15) is 45.8 Å². The van der Waals surface area contributed by atoms with Gasteiger partial charge in [-0.3, -0.25) is 9.69 Å². The van der Waals surface area contributed by atoms with Crippen molar-refractivity contribution >= 4 is 17.2 Å². The van der Waals surface area contributed by atoms with E-state index in [9.17, 15) is 31.1 Å². The van der Waals surface area contributed by atoms with Gasteiger partial charge in [-0.05, 0) is 44.0 Å². The van der Waals surface area contributed by atoms with Crippen LogP contribution in [0.5, 0.6) is 0 Å². The third-order valence-electron chi connectivity index (χ3n) is 6.14. The Morgan fingerprint density at radius 1 is 1.00 bits per heavy atom. The number of thiazole rings is 1. The molecular weight excluding hydrogens is 456 g/mol. The van der Waals surface area contributed by atoms with Crippen LogP contribution < -0.4 is 0 Å². The average molecular weight is 477 g/mol. The van der Waals surface area contributed by atoms with Gasteiger partial charge in [-0.15, -0.1) is 11.3 Å². The van der Waals surface area contributed by atoms with E-state index in [1.165, 1.54) is 4.90 Å². The molecule has 2 aliphatic heterocycles. The van der Waals surface area contributed by atoms with Crippen LogP contribution in [0.3, 0.4) is 0 Å². The van der Waals surface area contributed by atoms with Crippen molar-refractivity contribution in [1.29, 1.82) is 0 Å². The first-order valence-corrected chi connectivity index (χ1v) is 11.0. The van der Waals surface area contributed by atoms with Crippen molar-refractivity contribution < 1.29 is 31.1 Å². The lowest BCUT2D eigenvalue weighted by molar-refractivity contribution is -0.143. The van der Waals surface area contributed by atoms with Crippen LogP contribution in [0.15, 0.2) is 29.8 Å². The van der Waals surface area contributed by atoms with Crippen molar-refractivity contribution in [2.45, 2.75) is 38.2 Å². The van der Waals surface area contributed by atoms with Crippen molar-refractivity contribution in [1.82, 2.24) is 14.8 Å². The maximum absolute atomic E-state index is 13.2. The standard InChI is InChI=1S/C21H21F6N3OS/c22-20(23,24)15-8-14(9-16(10-15)21(25,26)27)18(31)30-5-1-2-19(13-30)3-6-29(12-19)11-17-28-4-7-32-17/h4,7-10H,1-3,5-6,11-13H2/t19-/m0/s1. The highest BCUT2D eigenvalue weighted by Gasteiger charge is 2.43. The molecule has 0 radical (unpaired) electrons. The van der Waals surface area contributed by atoms with Crippen LogP contribution in [0.2, 0.25) is 0 Å². The Bertz CT molecular complexity index is 943. The zero-order valence-corrected chi connectivity index (χ0v) is 17.8. The van der Waals surface area contributed by atoms with Gasteiger partial charge < -0.3 is 4.90 Å². The lowest BCUT2D eigenvalue weighted by atomic mass is 9.79. The molecule has 11 heteroatoms. The van der Waals surface area contributed by atoms with Gasteiger partial charge in [0, 0.05) is 42.2 Å². The molecule has 0 N–H and O–H groups in total. The number of likely N-dealkylation sites (tertiary alicyclic amines) is 2. The van der Waals surface area contributed by atoms with Crippen molar-refractivity contribution in [3.05, 3.63) is 51.5 Å². The largest absolute Gasteiger partial charge is 0.416 e. The predicted octanol–water partition coefficient (Wildman–Crippen LogP) is 5.31. The molecule has 1 aromatic carbocycles. The number of benzene rings is 1. The maximum atomic E-state index is 13.2. The number of amides is 1. The van der Waals surface area contributed by atoms with Crippen molar-refractivity contribution in [3.63, 3.8) is 0 Å². The van der Waals surface area contributed by atoms with Gasteiger partial charge in [0.1, 0.15) is 5.01 Å². The molecular formula is C21H21F6N3OS. The van der Waals surface area contributed by atoms with Crippen LogP contribution in [0.25, 0.3) is 0 Å². The lowest BCUT2D eigenvalue weighted by Gasteiger charge is -2.40. The number of piperidine rings is 1. The van der Waals surface area contributed by atoms with Gasteiger partial charge in [-0.25, -0.2) is 4.98 Å². The van der Waals surface area contributed by atoms with Gasteiger partial charge in [0.25, 0.3) is 5.91 Å². The van der Waals surface area contributed by atoms with E-state index in [0.717, 1.165) is 24.4 Å². The van der Waals surface area contributed by atoms with Crippen LogP contribution in [-0.2, 0) is 18.9 Å². The number of alkyl halides is 6. The Hall–Kier alpha value is -2.14. The number of hydrogen-bond acceptors (Lipinski definition) is 4. The molecule has 4 rings (SSSR count). The molecule has 2 saturated heterocycles. The molecule has 1 amide bonds. The zero-order chi connectivity index (χ0) is 23.1. The Kier molecular flexibility index (Phi) is 6.00. The van der Waals surface area contributed by atoms with Crippen molar-refractivity contribution in [2.75, 3.05) is 26.2 Å². The van der Waals surface area contributed by atoms with Gasteiger partial charge in [0.2, 0.25) is 0 Å². The van der Waals surface area contributed by atoms with Gasteiger partial charge in [0.15, 0.2) is 0 Å². The maximum Gasteiger partial charge on any atom is 0.416 e. The van der Waals surface area contributed by atoms with Crippen LogP contribution >= 0.6 is 11.3 Å².